The first-order valence-electron chi connectivity index (χ1n) is 12.8. The fraction of sp³-hybridized carbons (Fsp3) is 0.323. The maximum Gasteiger partial charge on any atom is 0.204 e. The van der Waals surface area contributed by atoms with E-state index in [0.717, 1.165) is 75.3 Å². The van der Waals surface area contributed by atoms with Gasteiger partial charge in [-0.2, -0.15) is 0 Å². The van der Waals surface area contributed by atoms with Crippen LogP contribution in [0.3, 0.4) is 0 Å². The summed E-state index contributed by atoms with van der Waals surface area (Å²) in [5, 5.41) is 11.0. The number of benzene rings is 3. The monoisotopic (exact) mass is 517 g/mol. The second-order valence-corrected chi connectivity index (χ2v) is 11.0. The molecule has 5 rings (SSSR count). The number of likely N-dealkylation sites (tertiary alicyclic amines) is 1. The molecule has 192 valence electrons. The van der Waals surface area contributed by atoms with Crippen molar-refractivity contribution in [1.82, 2.24) is 4.90 Å². The summed E-state index contributed by atoms with van der Waals surface area (Å²) in [6.45, 7) is 8.24. The van der Waals surface area contributed by atoms with Gasteiger partial charge in [0.25, 0.3) is 0 Å². The Morgan fingerprint density at radius 1 is 1.08 bits per heavy atom. The molecule has 0 unspecified atom stereocenters. The Kier molecular flexibility index (Phi) is 7.31. The number of alkyl halides is 1. The van der Waals surface area contributed by atoms with E-state index < -0.39 is 0 Å². The van der Waals surface area contributed by atoms with Crippen LogP contribution in [0.4, 0.5) is 4.39 Å². The molecule has 0 saturated carbocycles. The number of ketones is 1. The number of ether oxygens (including phenoxy) is 1. The Balaban J connectivity index is 1.48. The predicted octanol–water partition coefficient (Wildman–Crippen LogP) is 7.24. The molecule has 4 nitrogen and oxygen atoms in total. The summed E-state index contributed by atoms with van der Waals surface area (Å²) in [6.07, 6.45) is 1.59. The predicted molar refractivity (Wildman–Crippen MR) is 149 cm³/mol. The van der Waals surface area contributed by atoms with Crippen LogP contribution in [0, 0.1) is 20.8 Å². The van der Waals surface area contributed by atoms with E-state index in [0.29, 0.717) is 11.3 Å². The van der Waals surface area contributed by atoms with E-state index in [4.69, 9.17) is 4.74 Å². The Morgan fingerprint density at radius 3 is 2.51 bits per heavy atom. The summed E-state index contributed by atoms with van der Waals surface area (Å²) in [5.41, 5.74) is 5.63. The highest BCUT2D eigenvalue weighted by molar-refractivity contribution is 7.21. The average Bonchev–Trinajstić information content (AvgIpc) is 3.46. The molecule has 1 atom stereocenters. The van der Waals surface area contributed by atoms with Gasteiger partial charge in [0, 0.05) is 40.8 Å². The first kappa shape index (κ1) is 25.4. The molecule has 2 heterocycles. The quantitative estimate of drug-likeness (QED) is 0.250. The zero-order chi connectivity index (χ0) is 26.1. The maximum atomic E-state index is 13.9. The smallest absolute Gasteiger partial charge is 0.204 e. The van der Waals surface area contributed by atoms with Crippen molar-refractivity contribution in [3.8, 4) is 22.6 Å². The largest absolute Gasteiger partial charge is 0.508 e. The van der Waals surface area contributed by atoms with Crippen molar-refractivity contribution < 1.29 is 19.0 Å². The van der Waals surface area contributed by atoms with E-state index in [2.05, 4.69) is 4.90 Å². The number of hydrogen-bond acceptors (Lipinski definition) is 5. The lowest BCUT2D eigenvalue weighted by molar-refractivity contribution is 0.104. The van der Waals surface area contributed by atoms with Crippen molar-refractivity contribution in [1.29, 1.82) is 0 Å². The van der Waals surface area contributed by atoms with Gasteiger partial charge in [-0.15, -0.1) is 11.3 Å². The summed E-state index contributed by atoms with van der Waals surface area (Å²) >= 11 is 1.42. The zero-order valence-corrected chi connectivity index (χ0v) is 22.3. The topological polar surface area (TPSA) is 49.8 Å². The zero-order valence-electron chi connectivity index (χ0n) is 21.5. The molecular weight excluding hydrogens is 485 g/mol. The Labute approximate surface area is 221 Å². The van der Waals surface area contributed by atoms with Gasteiger partial charge in [0.2, 0.25) is 5.78 Å². The second kappa shape index (κ2) is 10.6. The minimum Gasteiger partial charge on any atom is -0.508 e. The van der Waals surface area contributed by atoms with Crippen LogP contribution in [-0.4, -0.2) is 48.2 Å². The molecule has 0 bridgehead atoms. The number of nitrogens with zero attached hydrogens (tertiary/aromatic N) is 1. The standard InChI is InChI=1S/C31H32FNO3S/c1-19-15-20(2)28(21(3)16-19)30(35)31-29(26-10-7-23(34)17-27(26)37-31)22-5-8-24(9-6-22)36-25-11-14-33(18-25)13-4-12-32/h5-10,15-17,25,34H,4,11-14,18H2,1-3H3/t25-/m1/s1. The van der Waals surface area contributed by atoms with Crippen molar-refractivity contribution >= 4 is 27.2 Å². The normalized spacial score (nSPS) is 15.9. The van der Waals surface area contributed by atoms with Gasteiger partial charge >= 0.3 is 0 Å². The number of fused-ring (bicyclic) bond motifs is 1. The summed E-state index contributed by atoms with van der Waals surface area (Å²) < 4.78 is 19.6. The van der Waals surface area contributed by atoms with Gasteiger partial charge in [0.1, 0.15) is 17.6 Å². The molecule has 0 amide bonds. The number of phenolic OH excluding ortho intramolecular Hbond substituents is 1. The highest BCUT2D eigenvalue weighted by Gasteiger charge is 2.25. The van der Waals surface area contributed by atoms with Crippen LogP contribution in [0.5, 0.6) is 11.5 Å². The van der Waals surface area contributed by atoms with Gasteiger partial charge in [-0.1, -0.05) is 29.8 Å². The number of phenols is 1. The number of halogens is 1. The third kappa shape index (κ3) is 5.27. The summed E-state index contributed by atoms with van der Waals surface area (Å²) in [5.74, 6) is 0.976. The van der Waals surface area contributed by atoms with Gasteiger partial charge in [0.05, 0.1) is 11.6 Å². The van der Waals surface area contributed by atoms with Gasteiger partial charge in [-0.25, -0.2) is 0 Å². The maximum absolute atomic E-state index is 13.9. The Morgan fingerprint density at radius 2 is 1.81 bits per heavy atom. The van der Waals surface area contributed by atoms with E-state index >= 15 is 0 Å². The number of carbonyl (C=O) groups excluding carboxylic acids is 1. The molecule has 1 fully saturated rings. The number of aryl methyl sites for hydroxylation is 3. The van der Waals surface area contributed by atoms with Crippen molar-refractivity contribution in [2.75, 3.05) is 26.3 Å². The first-order valence-corrected chi connectivity index (χ1v) is 13.6. The number of rotatable bonds is 8. The van der Waals surface area contributed by atoms with Crippen molar-refractivity contribution in [3.63, 3.8) is 0 Å². The van der Waals surface area contributed by atoms with Gasteiger partial charge in [-0.05, 0) is 80.6 Å². The molecule has 1 N–H and O–H groups in total. The number of aromatic hydroxyl groups is 1. The SMILES string of the molecule is Cc1cc(C)c(C(=O)c2sc3cc(O)ccc3c2-c2ccc(O[C@@H]3CCN(CCCF)C3)cc2)c(C)c1. The molecule has 0 aliphatic carbocycles. The van der Waals surface area contributed by atoms with Crippen LogP contribution in [-0.2, 0) is 0 Å². The van der Waals surface area contributed by atoms with Crippen LogP contribution in [0.25, 0.3) is 21.2 Å². The average molecular weight is 518 g/mol. The highest BCUT2D eigenvalue weighted by Crippen LogP contribution is 2.42. The fourth-order valence-electron chi connectivity index (χ4n) is 5.46. The van der Waals surface area contributed by atoms with Crippen LogP contribution in [0.2, 0.25) is 0 Å². The minimum absolute atomic E-state index is 0.00495. The van der Waals surface area contributed by atoms with Gasteiger partial charge in [-0.3, -0.25) is 14.1 Å². The van der Waals surface area contributed by atoms with E-state index in [1.54, 1.807) is 12.1 Å². The van der Waals surface area contributed by atoms with Crippen LogP contribution in [0.15, 0.2) is 54.6 Å². The molecule has 6 heteroatoms. The molecule has 1 aliphatic rings. The van der Waals surface area contributed by atoms with Gasteiger partial charge in [0.15, 0.2) is 0 Å². The van der Waals surface area contributed by atoms with Crippen molar-refractivity contribution in [2.24, 2.45) is 0 Å². The Bertz CT molecular complexity index is 1420. The third-order valence-corrected chi connectivity index (χ3v) is 8.22. The Hall–Kier alpha value is -3.22. The van der Waals surface area contributed by atoms with Crippen LogP contribution in [0.1, 0.15) is 44.8 Å². The molecule has 3 aromatic carbocycles. The summed E-state index contributed by atoms with van der Waals surface area (Å²) in [4.78, 5) is 16.9. The number of thiophene rings is 1. The molecular formula is C31H32FNO3S. The van der Waals surface area contributed by atoms with Crippen molar-refractivity contribution in [2.45, 2.75) is 39.7 Å². The van der Waals surface area contributed by atoms with E-state index in [9.17, 15) is 14.3 Å². The van der Waals surface area contributed by atoms with E-state index in [1.807, 2.05) is 63.2 Å². The molecule has 4 aromatic rings. The minimum atomic E-state index is -0.284. The molecule has 1 aromatic heterocycles. The third-order valence-electron chi connectivity index (χ3n) is 7.07. The number of carbonyl (C=O) groups is 1. The van der Waals surface area contributed by atoms with E-state index in [1.165, 1.54) is 11.3 Å². The molecule has 1 saturated heterocycles. The van der Waals surface area contributed by atoms with Crippen LogP contribution >= 0.6 is 11.3 Å². The molecule has 37 heavy (non-hydrogen) atoms. The second-order valence-electron chi connectivity index (χ2n) is 9.99. The molecule has 0 radical (unpaired) electrons. The number of hydrogen-bond donors (Lipinski definition) is 1. The summed E-state index contributed by atoms with van der Waals surface area (Å²) in [7, 11) is 0. The van der Waals surface area contributed by atoms with Gasteiger partial charge < -0.3 is 9.84 Å². The fourth-order valence-corrected chi connectivity index (χ4v) is 6.66. The van der Waals surface area contributed by atoms with Crippen molar-refractivity contribution in [3.05, 3.63) is 81.7 Å². The first-order chi connectivity index (χ1) is 17.8. The lowest BCUT2D eigenvalue weighted by Gasteiger charge is -2.16. The lowest BCUT2D eigenvalue weighted by Crippen LogP contribution is -2.26. The van der Waals surface area contributed by atoms with Crippen LogP contribution < -0.4 is 4.74 Å². The molecule has 0 spiro atoms. The highest BCUT2D eigenvalue weighted by atomic mass is 32.1. The lowest BCUT2D eigenvalue weighted by atomic mass is 9.92. The summed E-state index contributed by atoms with van der Waals surface area (Å²) in [6, 6.07) is 17.3. The molecule has 1 aliphatic heterocycles. The van der Waals surface area contributed by atoms with E-state index in [-0.39, 0.29) is 24.3 Å².